The van der Waals surface area contributed by atoms with Crippen LogP contribution < -0.4 is 9.88 Å². The summed E-state index contributed by atoms with van der Waals surface area (Å²) in [5.41, 5.74) is 0.794. The molecule has 0 aromatic heterocycles. The van der Waals surface area contributed by atoms with E-state index in [1.165, 1.54) is 5.56 Å². The predicted molar refractivity (Wildman–Crippen MR) is 81.8 cm³/mol. The van der Waals surface area contributed by atoms with Crippen LogP contribution in [0.2, 0.25) is 0 Å². The number of sulfonamides is 1. The zero-order chi connectivity index (χ0) is 15.3. The average Bonchev–Trinajstić information content (AvgIpc) is 2.45. The van der Waals surface area contributed by atoms with Crippen molar-refractivity contribution in [1.82, 2.24) is 0 Å². The number of hydrogen-bond donors (Lipinski definition) is 1. The van der Waals surface area contributed by atoms with Crippen molar-refractivity contribution in [2.45, 2.75) is 26.2 Å². The number of benzene rings is 1. The van der Waals surface area contributed by atoms with Gasteiger partial charge in [-0.25, -0.2) is 13.6 Å². The lowest BCUT2D eigenvalue weighted by Gasteiger charge is -2.36. The van der Waals surface area contributed by atoms with E-state index < -0.39 is 15.4 Å². The van der Waals surface area contributed by atoms with Gasteiger partial charge in [0.2, 0.25) is 10.0 Å². The lowest BCUT2D eigenvalue weighted by Crippen LogP contribution is -2.42. The van der Waals surface area contributed by atoms with Gasteiger partial charge in [0.05, 0.1) is 12.4 Å². The van der Waals surface area contributed by atoms with Gasteiger partial charge in [0.25, 0.3) is 0 Å². The van der Waals surface area contributed by atoms with E-state index in [0.29, 0.717) is 32.7 Å². The molecule has 2 rings (SSSR count). The summed E-state index contributed by atoms with van der Waals surface area (Å²) in [6.45, 7) is 3.54. The van der Waals surface area contributed by atoms with Crippen molar-refractivity contribution >= 4 is 10.0 Å². The molecule has 5 nitrogen and oxygen atoms in total. The van der Waals surface area contributed by atoms with Crippen LogP contribution in [0.15, 0.2) is 24.3 Å². The van der Waals surface area contributed by atoms with Crippen LogP contribution >= 0.6 is 0 Å². The van der Waals surface area contributed by atoms with E-state index in [9.17, 15) is 8.42 Å². The molecule has 1 aliphatic rings. The Kier molecular flexibility index (Phi) is 5.24. The van der Waals surface area contributed by atoms with E-state index in [1.807, 2.05) is 24.3 Å². The topological polar surface area (TPSA) is 78.6 Å². The van der Waals surface area contributed by atoms with Crippen LogP contribution in [-0.2, 0) is 21.2 Å². The molecule has 0 radical (unpaired) electrons. The molecule has 2 N–H and O–H groups in total. The van der Waals surface area contributed by atoms with Gasteiger partial charge in [-0.2, -0.15) is 0 Å². The first-order valence-electron chi connectivity index (χ1n) is 7.22. The normalized spacial score (nSPS) is 18.4. The third-order valence-corrected chi connectivity index (χ3v) is 4.95. The molecular formula is C15H23NO4S. The Hall–Kier alpha value is -1.11. The summed E-state index contributed by atoms with van der Waals surface area (Å²) in [6.07, 6.45) is 2.28. The summed E-state index contributed by atoms with van der Waals surface area (Å²) < 4.78 is 34.1. The fourth-order valence-corrected chi connectivity index (χ4v) is 3.84. The maximum absolute atomic E-state index is 11.5. The molecule has 0 unspecified atom stereocenters. The molecule has 1 aromatic rings. The number of ether oxygens (including phenoxy) is 2. The molecular weight excluding hydrogens is 290 g/mol. The van der Waals surface area contributed by atoms with Crippen molar-refractivity contribution in [2.75, 3.05) is 25.6 Å². The Morgan fingerprint density at radius 2 is 1.86 bits per heavy atom. The summed E-state index contributed by atoms with van der Waals surface area (Å²) in [4.78, 5) is 0. The minimum atomic E-state index is -3.53. The molecule has 0 spiro atoms. The lowest BCUT2D eigenvalue weighted by atomic mass is 9.83. The molecule has 0 aliphatic carbocycles. The molecule has 21 heavy (non-hydrogen) atoms. The second kappa shape index (κ2) is 6.77. The molecule has 1 heterocycles. The quantitative estimate of drug-likeness (QED) is 0.867. The standard InChI is InChI=1S/C15H23NO4S/c1-2-13-3-5-14(6-4-13)20-11-15(12-21(16,17)18)7-9-19-10-8-15/h3-6H,2,7-12H2,1H3,(H2,16,17,18). The molecule has 1 fully saturated rings. The largest absolute Gasteiger partial charge is 0.493 e. The Balaban J connectivity index is 2.04. The fraction of sp³-hybridized carbons (Fsp3) is 0.600. The minimum Gasteiger partial charge on any atom is -0.493 e. The molecule has 1 aromatic carbocycles. The third-order valence-electron chi connectivity index (χ3n) is 3.94. The molecule has 0 atom stereocenters. The van der Waals surface area contributed by atoms with Gasteiger partial charge in [0, 0.05) is 18.6 Å². The van der Waals surface area contributed by atoms with E-state index in [-0.39, 0.29) is 5.75 Å². The van der Waals surface area contributed by atoms with Crippen LogP contribution in [0.25, 0.3) is 0 Å². The molecule has 118 valence electrons. The Bertz CT molecular complexity index is 548. The first-order chi connectivity index (χ1) is 9.92. The van der Waals surface area contributed by atoms with E-state index in [4.69, 9.17) is 14.6 Å². The zero-order valence-corrected chi connectivity index (χ0v) is 13.2. The van der Waals surface area contributed by atoms with Crippen LogP contribution in [0, 0.1) is 5.41 Å². The first kappa shape index (κ1) is 16.3. The van der Waals surface area contributed by atoms with Crippen molar-refractivity contribution < 1.29 is 17.9 Å². The molecule has 0 bridgehead atoms. The lowest BCUT2D eigenvalue weighted by molar-refractivity contribution is 0.00209. The number of aryl methyl sites for hydroxylation is 1. The SMILES string of the molecule is CCc1ccc(OCC2(CS(N)(=O)=O)CCOCC2)cc1. The number of nitrogens with two attached hydrogens (primary N) is 1. The van der Waals surface area contributed by atoms with Crippen LogP contribution in [0.3, 0.4) is 0 Å². The average molecular weight is 313 g/mol. The van der Waals surface area contributed by atoms with E-state index >= 15 is 0 Å². The predicted octanol–water partition coefficient (Wildman–Crippen LogP) is 1.71. The molecule has 1 aliphatic heterocycles. The summed E-state index contributed by atoms with van der Waals surface area (Å²) >= 11 is 0. The maximum atomic E-state index is 11.5. The molecule has 1 saturated heterocycles. The minimum absolute atomic E-state index is 0.0591. The van der Waals surface area contributed by atoms with Gasteiger partial charge in [-0.1, -0.05) is 19.1 Å². The monoisotopic (exact) mass is 313 g/mol. The highest BCUT2D eigenvalue weighted by Crippen LogP contribution is 2.32. The summed E-state index contributed by atoms with van der Waals surface area (Å²) in [7, 11) is -3.53. The van der Waals surface area contributed by atoms with Crippen LogP contribution in [-0.4, -0.2) is 34.0 Å². The van der Waals surface area contributed by atoms with Crippen molar-refractivity contribution in [3.8, 4) is 5.75 Å². The fourth-order valence-electron chi connectivity index (χ4n) is 2.62. The third kappa shape index (κ3) is 4.98. The van der Waals surface area contributed by atoms with Crippen molar-refractivity contribution in [3.05, 3.63) is 29.8 Å². The number of primary sulfonamides is 1. The van der Waals surface area contributed by atoms with E-state index in [0.717, 1.165) is 12.2 Å². The van der Waals surface area contributed by atoms with Crippen LogP contribution in [0.1, 0.15) is 25.3 Å². The van der Waals surface area contributed by atoms with Gasteiger partial charge in [0.1, 0.15) is 5.75 Å². The van der Waals surface area contributed by atoms with Gasteiger partial charge < -0.3 is 9.47 Å². The van der Waals surface area contributed by atoms with Crippen LogP contribution in [0.5, 0.6) is 5.75 Å². The van der Waals surface area contributed by atoms with Crippen molar-refractivity contribution in [3.63, 3.8) is 0 Å². The van der Waals surface area contributed by atoms with Gasteiger partial charge in [-0.3, -0.25) is 0 Å². The second-order valence-electron chi connectivity index (χ2n) is 5.71. The highest BCUT2D eigenvalue weighted by Gasteiger charge is 2.37. The Labute approximate surface area is 126 Å². The first-order valence-corrected chi connectivity index (χ1v) is 8.94. The highest BCUT2D eigenvalue weighted by molar-refractivity contribution is 7.89. The number of hydrogen-bond acceptors (Lipinski definition) is 4. The van der Waals surface area contributed by atoms with E-state index in [2.05, 4.69) is 6.92 Å². The molecule has 6 heteroatoms. The van der Waals surface area contributed by atoms with Crippen molar-refractivity contribution in [1.29, 1.82) is 0 Å². The smallest absolute Gasteiger partial charge is 0.209 e. The van der Waals surface area contributed by atoms with Gasteiger partial charge in [-0.15, -0.1) is 0 Å². The molecule has 0 saturated carbocycles. The maximum Gasteiger partial charge on any atom is 0.209 e. The zero-order valence-electron chi connectivity index (χ0n) is 12.4. The summed E-state index contributed by atoms with van der Waals surface area (Å²) in [5, 5.41) is 5.23. The van der Waals surface area contributed by atoms with E-state index in [1.54, 1.807) is 0 Å². The Morgan fingerprint density at radius 3 is 2.38 bits per heavy atom. The second-order valence-corrected chi connectivity index (χ2v) is 7.32. The number of rotatable bonds is 6. The highest BCUT2D eigenvalue weighted by atomic mass is 32.2. The van der Waals surface area contributed by atoms with Gasteiger partial charge >= 0.3 is 0 Å². The van der Waals surface area contributed by atoms with Crippen molar-refractivity contribution in [2.24, 2.45) is 10.6 Å². The molecule has 0 amide bonds. The van der Waals surface area contributed by atoms with Gasteiger partial charge in [-0.05, 0) is 37.0 Å². The van der Waals surface area contributed by atoms with Gasteiger partial charge in [0.15, 0.2) is 0 Å². The Morgan fingerprint density at radius 1 is 1.24 bits per heavy atom. The summed E-state index contributed by atoms with van der Waals surface area (Å²) in [6, 6.07) is 7.88. The van der Waals surface area contributed by atoms with Crippen LogP contribution in [0.4, 0.5) is 0 Å². The summed E-state index contributed by atoms with van der Waals surface area (Å²) in [5.74, 6) is 0.698.